The van der Waals surface area contributed by atoms with Gasteiger partial charge < -0.3 is 20.4 Å². The summed E-state index contributed by atoms with van der Waals surface area (Å²) in [6.07, 6.45) is 4.15. The van der Waals surface area contributed by atoms with Gasteiger partial charge in [0.25, 0.3) is 5.91 Å². The number of carbonyl (C=O) groups is 3. The van der Waals surface area contributed by atoms with Crippen LogP contribution in [0, 0.1) is 12.7 Å². The van der Waals surface area contributed by atoms with Crippen molar-refractivity contribution in [1.82, 2.24) is 15.3 Å². The monoisotopic (exact) mass is 428 g/mol. The molecule has 1 atom stereocenters. The minimum Gasteiger partial charge on any atom is -0.464 e. The summed E-state index contributed by atoms with van der Waals surface area (Å²) >= 11 is 0. The number of esters is 1. The Morgan fingerprint density at radius 3 is 2.77 bits per heavy atom. The van der Waals surface area contributed by atoms with Crippen molar-refractivity contribution >= 4 is 35.1 Å². The van der Waals surface area contributed by atoms with E-state index in [0.717, 1.165) is 5.69 Å². The normalized spacial score (nSPS) is 14.8. The third kappa shape index (κ3) is 4.99. The van der Waals surface area contributed by atoms with Crippen molar-refractivity contribution in [1.29, 1.82) is 0 Å². The van der Waals surface area contributed by atoms with Gasteiger partial charge in [-0.25, -0.2) is 14.2 Å². The van der Waals surface area contributed by atoms with Crippen LogP contribution in [-0.2, 0) is 25.5 Å². The van der Waals surface area contributed by atoms with Crippen LogP contribution in [0.1, 0.15) is 49.2 Å². The third-order valence-electron chi connectivity index (χ3n) is 5.04. The molecule has 0 aliphatic carbocycles. The van der Waals surface area contributed by atoms with Gasteiger partial charge in [-0.2, -0.15) is 0 Å². The van der Waals surface area contributed by atoms with Crippen LogP contribution in [0.25, 0.3) is 11.6 Å². The van der Waals surface area contributed by atoms with Crippen molar-refractivity contribution in [3.63, 3.8) is 0 Å². The van der Waals surface area contributed by atoms with Crippen LogP contribution in [0.15, 0.2) is 18.5 Å². The zero-order chi connectivity index (χ0) is 22.5. The van der Waals surface area contributed by atoms with E-state index in [0.29, 0.717) is 34.5 Å². The Morgan fingerprint density at radius 1 is 1.35 bits per heavy atom. The predicted octanol–water partition coefficient (Wildman–Crippen LogP) is 2.74. The van der Waals surface area contributed by atoms with Crippen LogP contribution in [0.3, 0.4) is 0 Å². The quantitative estimate of drug-likeness (QED) is 0.442. The second-order valence-electron chi connectivity index (χ2n) is 7.26. The molecule has 0 saturated heterocycles. The van der Waals surface area contributed by atoms with Gasteiger partial charge in [-0.15, -0.1) is 0 Å². The highest BCUT2D eigenvalue weighted by Crippen LogP contribution is 2.37. The van der Waals surface area contributed by atoms with Crippen molar-refractivity contribution in [2.75, 3.05) is 11.9 Å². The van der Waals surface area contributed by atoms with Crippen LogP contribution >= 0.6 is 0 Å². The van der Waals surface area contributed by atoms with E-state index < -0.39 is 17.8 Å². The number of nitrogens with zero attached hydrogens (tertiary/aromatic N) is 1. The van der Waals surface area contributed by atoms with Gasteiger partial charge in [-0.3, -0.25) is 9.59 Å². The Bertz CT molecular complexity index is 1040. The standard InChI is InChI=1S/C22H25FN4O4/c1-4-31-22(30)18(26-13(3)28)7-5-6-14-16(23)8-9-17-20(14)15(21(29)27-17)10-19-12(2)24-11-25-19/h8-11,18H,4-7H2,1-3H3,(H,24,25)(H,26,28)(H,27,29)/b15-10-. The number of rotatable bonds is 8. The molecule has 1 aromatic carbocycles. The molecular weight excluding hydrogens is 403 g/mol. The number of H-pyrrole nitrogens is 1. The Hall–Kier alpha value is -3.49. The lowest BCUT2D eigenvalue weighted by molar-refractivity contribution is -0.147. The van der Waals surface area contributed by atoms with Crippen molar-refractivity contribution < 1.29 is 23.5 Å². The van der Waals surface area contributed by atoms with E-state index in [1.165, 1.54) is 25.4 Å². The number of benzene rings is 1. The molecule has 2 amide bonds. The van der Waals surface area contributed by atoms with Gasteiger partial charge in [0.2, 0.25) is 5.91 Å². The number of aromatic nitrogens is 2. The second kappa shape index (κ2) is 9.55. The van der Waals surface area contributed by atoms with Crippen molar-refractivity contribution in [3.05, 3.63) is 46.8 Å². The summed E-state index contributed by atoms with van der Waals surface area (Å²) in [4.78, 5) is 43.2. The summed E-state index contributed by atoms with van der Waals surface area (Å²) in [6, 6.07) is 2.04. The summed E-state index contributed by atoms with van der Waals surface area (Å²) in [6.45, 7) is 5.01. The number of ether oxygens (including phenoxy) is 1. The van der Waals surface area contributed by atoms with Gasteiger partial charge in [0.1, 0.15) is 11.9 Å². The molecule has 0 radical (unpaired) electrons. The number of hydrogen-bond acceptors (Lipinski definition) is 5. The van der Waals surface area contributed by atoms with Crippen LogP contribution < -0.4 is 10.6 Å². The smallest absolute Gasteiger partial charge is 0.328 e. The summed E-state index contributed by atoms with van der Waals surface area (Å²) in [7, 11) is 0. The summed E-state index contributed by atoms with van der Waals surface area (Å²) in [5.74, 6) is -1.63. The molecule has 0 bridgehead atoms. The second-order valence-corrected chi connectivity index (χ2v) is 7.26. The van der Waals surface area contributed by atoms with Gasteiger partial charge in [0.15, 0.2) is 0 Å². The molecule has 0 spiro atoms. The molecule has 164 valence electrons. The zero-order valence-electron chi connectivity index (χ0n) is 17.7. The van der Waals surface area contributed by atoms with Gasteiger partial charge >= 0.3 is 5.97 Å². The molecule has 3 rings (SSSR count). The lowest BCUT2D eigenvalue weighted by atomic mass is 9.94. The number of nitrogens with one attached hydrogen (secondary N) is 3. The summed E-state index contributed by atoms with van der Waals surface area (Å²) < 4.78 is 19.8. The first-order valence-corrected chi connectivity index (χ1v) is 10.1. The highest BCUT2D eigenvalue weighted by molar-refractivity contribution is 6.35. The van der Waals surface area contributed by atoms with E-state index in [9.17, 15) is 18.8 Å². The minimum atomic E-state index is -0.806. The Labute approximate surface area is 179 Å². The van der Waals surface area contributed by atoms with E-state index in [1.54, 1.807) is 19.9 Å². The van der Waals surface area contributed by atoms with Crippen LogP contribution in [0.4, 0.5) is 10.1 Å². The first kappa shape index (κ1) is 22.2. The summed E-state index contributed by atoms with van der Waals surface area (Å²) in [5.41, 5.74) is 3.16. The van der Waals surface area contributed by atoms with E-state index in [4.69, 9.17) is 4.74 Å². The van der Waals surface area contributed by atoms with Gasteiger partial charge in [0, 0.05) is 18.2 Å². The molecule has 8 nitrogen and oxygen atoms in total. The fraction of sp³-hybridized carbons (Fsp3) is 0.364. The molecule has 3 N–H and O–H groups in total. The number of anilines is 1. The molecule has 31 heavy (non-hydrogen) atoms. The number of fused-ring (bicyclic) bond motifs is 1. The topological polar surface area (TPSA) is 113 Å². The number of amides is 2. The van der Waals surface area contributed by atoms with Crippen LogP contribution in [0.5, 0.6) is 0 Å². The van der Waals surface area contributed by atoms with Crippen molar-refractivity contribution in [2.45, 2.75) is 46.1 Å². The molecule has 0 fully saturated rings. The van der Waals surface area contributed by atoms with Gasteiger partial charge in [-0.05, 0) is 56.9 Å². The van der Waals surface area contributed by atoms with Crippen LogP contribution in [-0.4, -0.2) is 40.4 Å². The molecule has 1 unspecified atom stereocenters. The third-order valence-corrected chi connectivity index (χ3v) is 5.04. The molecule has 2 heterocycles. The Balaban J connectivity index is 1.85. The van der Waals surface area contributed by atoms with E-state index in [-0.39, 0.29) is 31.3 Å². The molecule has 1 aliphatic heterocycles. The van der Waals surface area contributed by atoms with Gasteiger partial charge in [-0.1, -0.05) is 0 Å². The zero-order valence-corrected chi connectivity index (χ0v) is 17.7. The van der Waals surface area contributed by atoms with E-state index >= 15 is 0 Å². The highest BCUT2D eigenvalue weighted by atomic mass is 19.1. The lowest BCUT2D eigenvalue weighted by Gasteiger charge is -2.17. The maximum Gasteiger partial charge on any atom is 0.328 e. The van der Waals surface area contributed by atoms with E-state index in [2.05, 4.69) is 20.6 Å². The van der Waals surface area contributed by atoms with Crippen LogP contribution in [0.2, 0.25) is 0 Å². The number of carbonyl (C=O) groups excluding carboxylic acids is 3. The molecule has 0 saturated carbocycles. The molecular formula is C22H25FN4O4. The maximum absolute atomic E-state index is 14.8. The number of hydrogen-bond donors (Lipinski definition) is 3. The number of halogens is 1. The van der Waals surface area contributed by atoms with Crippen molar-refractivity contribution in [3.8, 4) is 0 Å². The first-order chi connectivity index (χ1) is 14.8. The van der Waals surface area contributed by atoms with E-state index in [1.807, 2.05) is 0 Å². The largest absolute Gasteiger partial charge is 0.464 e. The number of imidazole rings is 1. The Kier molecular flexibility index (Phi) is 6.84. The fourth-order valence-electron chi connectivity index (χ4n) is 3.60. The lowest BCUT2D eigenvalue weighted by Crippen LogP contribution is -2.40. The highest BCUT2D eigenvalue weighted by Gasteiger charge is 2.29. The number of aryl methyl sites for hydroxylation is 1. The molecule has 1 aliphatic rings. The maximum atomic E-state index is 14.8. The number of aromatic amines is 1. The SMILES string of the molecule is CCOC(=O)C(CCCc1c(F)ccc2c1/C(=C/c1[nH]cnc1C)C(=O)N2)NC(C)=O. The average Bonchev–Trinajstić information content (AvgIpc) is 3.26. The fourth-order valence-corrected chi connectivity index (χ4v) is 3.60. The summed E-state index contributed by atoms with van der Waals surface area (Å²) in [5, 5.41) is 5.34. The Morgan fingerprint density at radius 2 is 2.13 bits per heavy atom. The molecule has 2 aromatic rings. The van der Waals surface area contributed by atoms with Crippen molar-refractivity contribution in [2.24, 2.45) is 0 Å². The van der Waals surface area contributed by atoms with Gasteiger partial charge in [0.05, 0.1) is 29.9 Å². The minimum absolute atomic E-state index is 0.199. The molecule has 9 heteroatoms. The first-order valence-electron chi connectivity index (χ1n) is 10.1. The predicted molar refractivity (Wildman–Crippen MR) is 113 cm³/mol. The molecule has 1 aromatic heterocycles. The average molecular weight is 428 g/mol.